The summed E-state index contributed by atoms with van der Waals surface area (Å²) in [6, 6.07) is 12.5. The van der Waals surface area contributed by atoms with Crippen molar-refractivity contribution < 1.29 is 13.6 Å². The molecule has 4 rings (SSSR count). The quantitative estimate of drug-likeness (QED) is 0.734. The van der Waals surface area contributed by atoms with Gasteiger partial charge in [0.25, 0.3) is 5.91 Å². The summed E-state index contributed by atoms with van der Waals surface area (Å²) in [5.74, 6) is -1.29. The van der Waals surface area contributed by atoms with Gasteiger partial charge in [0.1, 0.15) is 11.6 Å². The van der Waals surface area contributed by atoms with Gasteiger partial charge in [-0.05, 0) is 42.5 Å². The highest BCUT2D eigenvalue weighted by atomic mass is 19.2. The third kappa shape index (κ3) is 4.31. The van der Waals surface area contributed by atoms with E-state index in [9.17, 15) is 13.6 Å². The van der Waals surface area contributed by atoms with Crippen molar-refractivity contribution in [2.24, 2.45) is 0 Å². The maximum absolute atomic E-state index is 13.3. The zero-order valence-electron chi connectivity index (χ0n) is 15.6. The largest absolute Gasteiger partial charge is 0.367 e. The molecule has 0 radical (unpaired) electrons. The Labute approximate surface area is 166 Å². The summed E-state index contributed by atoms with van der Waals surface area (Å²) in [4.78, 5) is 25.3. The molecule has 1 saturated heterocycles. The predicted molar refractivity (Wildman–Crippen MR) is 107 cm³/mol. The molecular weight excluding hydrogens is 376 g/mol. The van der Waals surface area contributed by atoms with Crippen molar-refractivity contribution in [2.75, 3.05) is 41.3 Å². The van der Waals surface area contributed by atoms with Crippen LogP contribution in [0.15, 0.2) is 60.9 Å². The SMILES string of the molecule is O=C(Nc1ccc(N2CCN(c3ccccn3)CC2)cn1)c1ccc(F)c(F)c1. The van der Waals surface area contributed by atoms with E-state index in [2.05, 4.69) is 25.1 Å². The van der Waals surface area contributed by atoms with Crippen LogP contribution in [0.3, 0.4) is 0 Å². The Hall–Kier alpha value is -3.55. The van der Waals surface area contributed by atoms with E-state index in [1.807, 2.05) is 24.3 Å². The number of hydrogen-bond donors (Lipinski definition) is 1. The second-order valence-corrected chi connectivity index (χ2v) is 6.65. The Morgan fingerprint density at radius 1 is 0.897 bits per heavy atom. The number of amides is 1. The van der Waals surface area contributed by atoms with Crippen LogP contribution in [0.1, 0.15) is 10.4 Å². The van der Waals surface area contributed by atoms with E-state index in [0.29, 0.717) is 5.82 Å². The van der Waals surface area contributed by atoms with E-state index in [-0.39, 0.29) is 5.56 Å². The van der Waals surface area contributed by atoms with Crippen LogP contribution in [0.25, 0.3) is 0 Å². The summed E-state index contributed by atoms with van der Waals surface area (Å²) in [5, 5.41) is 2.59. The Balaban J connectivity index is 1.36. The molecule has 1 aliphatic heterocycles. The minimum absolute atomic E-state index is 0.0282. The first-order valence-corrected chi connectivity index (χ1v) is 9.23. The number of carbonyl (C=O) groups is 1. The van der Waals surface area contributed by atoms with E-state index in [1.165, 1.54) is 6.07 Å². The Morgan fingerprint density at radius 3 is 2.34 bits per heavy atom. The Morgan fingerprint density at radius 2 is 1.69 bits per heavy atom. The molecule has 3 aromatic rings. The summed E-state index contributed by atoms with van der Waals surface area (Å²) < 4.78 is 26.3. The van der Waals surface area contributed by atoms with Gasteiger partial charge in [0.05, 0.1) is 11.9 Å². The van der Waals surface area contributed by atoms with Crippen molar-refractivity contribution in [3.63, 3.8) is 0 Å². The molecule has 3 heterocycles. The molecule has 8 heteroatoms. The predicted octanol–water partition coefficient (Wildman–Crippen LogP) is 3.33. The fourth-order valence-corrected chi connectivity index (χ4v) is 3.21. The van der Waals surface area contributed by atoms with Crippen LogP contribution in [0, 0.1) is 11.6 Å². The third-order valence-corrected chi connectivity index (χ3v) is 4.79. The summed E-state index contributed by atoms with van der Waals surface area (Å²) in [7, 11) is 0. The number of carbonyl (C=O) groups excluding carboxylic acids is 1. The average molecular weight is 395 g/mol. The zero-order chi connectivity index (χ0) is 20.2. The molecule has 1 aromatic carbocycles. The van der Waals surface area contributed by atoms with Gasteiger partial charge in [0.2, 0.25) is 0 Å². The monoisotopic (exact) mass is 395 g/mol. The van der Waals surface area contributed by atoms with Gasteiger partial charge in [-0.25, -0.2) is 18.7 Å². The molecule has 29 heavy (non-hydrogen) atoms. The lowest BCUT2D eigenvalue weighted by molar-refractivity contribution is 0.102. The van der Waals surface area contributed by atoms with Crippen molar-refractivity contribution in [1.82, 2.24) is 9.97 Å². The van der Waals surface area contributed by atoms with E-state index in [4.69, 9.17) is 0 Å². The second-order valence-electron chi connectivity index (χ2n) is 6.65. The highest BCUT2D eigenvalue weighted by molar-refractivity contribution is 6.03. The lowest BCUT2D eigenvalue weighted by Crippen LogP contribution is -2.46. The molecule has 0 saturated carbocycles. The topological polar surface area (TPSA) is 61.4 Å². The first kappa shape index (κ1) is 18.8. The van der Waals surface area contributed by atoms with Crippen LogP contribution in [-0.2, 0) is 0 Å². The van der Waals surface area contributed by atoms with Gasteiger partial charge in [-0.1, -0.05) is 6.07 Å². The smallest absolute Gasteiger partial charge is 0.256 e. The number of nitrogens with one attached hydrogen (secondary N) is 1. The molecule has 1 N–H and O–H groups in total. The summed E-state index contributed by atoms with van der Waals surface area (Å²) in [5.41, 5.74) is 0.983. The highest BCUT2D eigenvalue weighted by Crippen LogP contribution is 2.20. The molecular formula is C21H19F2N5O. The van der Waals surface area contributed by atoms with E-state index < -0.39 is 17.5 Å². The first-order valence-electron chi connectivity index (χ1n) is 9.23. The van der Waals surface area contributed by atoms with Gasteiger partial charge in [-0.15, -0.1) is 0 Å². The van der Waals surface area contributed by atoms with Crippen LogP contribution < -0.4 is 15.1 Å². The van der Waals surface area contributed by atoms with Gasteiger partial charge in [-0.3, -0.25) is 4.79 Å². The fraction of sp³-hybridized carbons (Fsp3) is 0.190. The van der Waals surface area contributed by atoms with Crippen LogP contribution in [0.2, 0.25) is 0 Å². The molecule has 0 unspecified atom stereocenters. The maximum atomic E-state index is 13.3. The molecule has 2 aromatic heterocycles. The first-order chi connectivity index (χ1) is 14.1. The number of halogens is 2. The standard InChI is InChI=1S/C21H19F2N5O/c22-17-6-4-15(13-18(17)23)21(29)26-19-7-5-16(14-25-19)27-9-11-28(12-10-27)20-3-1-2-8-24-20/h1-8,13-14H,9-12H2,(H,25,26,29). The molecule has 1 fully saturated rings. The lowest BCUT2D eigenvalue weighted by Gasteiger charge is -2.36. The molecule has 0 bridgehead atoms. The molecule has 6 nitrogen and oxygen atoms in total. The maximum Gasteiger partial charge on any atom is 0.256 e. The van der Waals surface area contributed by atoms with E-state index >= 15 is 0 Å². The Bertz CT molecular complexity index is 990. The Kier molecular flexibility index (Phi) is 5.33. The van der Waals surface area contributed by atoms with Gasteiger partial charge >= 0.3 is 0 Å². The van der Waals surface area contributed by atoms with Gasteiger partial charge in [0.15, 0.2) is 11.6 Å². The lowest BCUT2D eigenvalue weighted by atomic mass is 10.2. The number of hydrogen-bond acceptors (Lipinski definition) is 5. The van der Waals surface area contributed by atoms with Gasteiger partial charge in [0, 0.05) is 37.9 Å². The number of nitrogens with zero attached hydrogens (tertiary/aromatic N) is 4. The molecule has 1 amide bonds. The highest BCUT2D eigenvalue weighted by Gasteiger charge is 2.18. The van der Waals surface area contributed by atoms with Crippen molar-refractivity contribution in [2.45, 2.75) is 0 Å². The van der Waals surface area contributed by atoms with Crippen LogP contribution in [0.4, 0.5) is 26.1 Å². The molecule has 1 aliphatic rings. The number of rotatable bonds is 4. The second kappa shape index (κ2) is 8.22. The molecule has 0 spiro atoms. The van der Waals surface area contributed by atoms with Gasteiger partial charge < -0.3 is 15.1 Å². The van der Waals surface area contributed by atoms with E-state index in [0.717, 1.165) is 49.8 Å². The fourth-order valence-electron chi connectivity index (χ4n) is 3.21. The zero-order valence-corrected chi connectivity index (χ0v) is 15.6. The minimum atomic E-state index is -1.06. The van der Waals surface area contributed by atoms with Gasteiger partial charge in [-0.2, -0.15) is 0 Å². The summed E-state index contributed by atoms with van der Waals surface area (Å²) in [6.07, 6.45) is 3.48. The van der Waals surface area contributed by atoms with Crippen molar-refractivity contribution in [3.05, 3.63) is 78.1 Å². The average Bonchev–Trinajstić information content (AvgIpc) is 2.77. The van der Waals surface area contributed by atoms with Crippen LogP contribution in [-0.4, -0.2) is 42.1 Å². The summed E-state index contributed by atoms with van der Waals surface area (Å²) in [6.45, 7) is 3.37. The number of piperazine rings is 1. The number of pyridine rings is 2. The number of benzene rings is 1. The molecule has 148 valence electrons. The molecule has 0 aliphatic carbocycles. The van der Waals surface area contributed by atoms with Crippen molar-refractivity contribution in [3.8, 4) is 0 Å². The van der Waals surface area contributed by atoms with Crippen LogP contribution >= 0.6 is 0 Å². The minimum Gasteiger partial charge on any atom is -0.367 e. The van der Waals surface area contributed by atoms with Crippen molar-refractivity contribution in [1.29, 1.82) is 0 Å². The number of aromatic nitrogens is 2. The van der Waals surface area contributed by atoms with Crippen molar-refractivity contribution >= 4 is 23.2 Å². The third-order valence-electron chi connectivity index (χ3n) is 4.79. The normalized spacial score (nSPS) is 14.0. The van der Waals surface area contributed by atoms with Crippen LogP contribution in [0.5, 0.6) is 0 Å². The summed E-state index contributed by atoms with van der Waals surface area (Å²) >= 11 is 0. The van der Waals surface area contributed by atoms with E-state index in [1.54, 1.807) is 18.5 Å². The number of anilines is 3. The molecule has 0 atom stereocenters.